The van der Waals surface area contributed by atoms with Crippen LogP contribution in [0.5, 0.6) is 5.75 Å². The van der Waals surface area contributed by atoms with Crippen molar-refractivity contribution in [2.45, 2.75) is 84.7 Å². The number of aromatic hydroxyl groups is 1. The van der Waals surface area contributed by atoms with Crippen LogP contribution < -0.4 is 0 Å². The third kappa shape index (κ3) is 5.22. The van der Waals surface area contributed by atoms with Crippen molar-refractivity contribution >= 4 is 0 Å². The van der Waals surface area contributed by atoms with Crippen molar-refractivity contribution in [3.63, 3.8) is 0 Å². The minimum absolute atomic E-state index is 0.0954. The van der Waals surface area contributed by atoms with Gasteiger partial charge in [0.15, 0.2) is 0 Å². The Hall–Kier alpha value is -2.24. The van der Waals surface area contributed by atoms with Crippen LogP contribution in [0.25, 0.3) is 0 Å². The van der Waals surface area contributed by atoms with Gasteiger partial charge < -0.3 is 10.2 Å². The van der Waals surface area contributed by atoms with Crippen LogP contribution in [0.3, 0.4) is 0 Å². The number of benzene rings is 2. The van der Waals surface area contributed by atoms with Crippen LogP contribution in [-0.4, -0.2) is 15.8 Å². The molecule has 2 nitrogen and oxygen atoms in total. The van der Waals surface area contributed by atoms with Crippen molar-refractivity contribution in [2.75, 3.05) is 0 Å². The van der Waals surface area contributed by atoms with Gasteiger partial charge in [-0.25, -0.2) is 0 Å². The first-order valence-corrected chi connectivity index (χ1v) is 10.9. The second-order valence-corrected chi connectivity index (χ2v) is 8.45. The Balaban J connectivity index is 2.44. The Morgan fingerprint density at radius 1 is 0.897 bits per heavy atom. The molecule has 29 heavy (non-hydrogen) atoms. The summed E-state index contributed by atoms with van der Waals surface area (Å²) in [7, 11) is 0. The zero-order valence-corrected chi connectivity index (χ0v) is 18.9. The van der Waals surface area contributed by atoms with Gasteiger partial charge in [0.05, 0.1) is 0 Å². The van der Waals surface area contributed by atoms with Gasteiger partial charge in [0.2, 0.25) is 0 Å². The number of phenols is 1. The maximum atomic E-state index is 10.5. The van der Waals surface area contributed by atoms with Crippen molar-refractivity contribution in [3.8, 4) is 17.6 Å². The highest BCUT2D eigenvalue weighted by Gasteiger charge is 2.31. The number of unbranched alkanes of at least 4 members (excludes halogenated alkanes) is 1. The fourth-order valence-electron chi connectivity index (χ4n) is 4.07. The smallest absolute Gasteiger partial charge is 0.123 e. The molecule has 0 spiro atoms. The average Bonchev–Trinajstić information content (AvgIpc) is 2.69. The normalized spacial score (nSPS) is 13.5. The fourth-order valence-corrected chi connectivity index (χ4v) is 4.07. The Labute approximate surface area is 177 Å². The molecule has 0 amide bonds. The molecule has 0 heterocycles. The fraction of sp³-hybridized carbons (Fsp3) is 0.481. The highest BCUT2D eigenvalue weighted by Crippen LogP contribution is 2.40. The summed E-state index contributed by atoms with van der Waals surface area (Å²) < 4.78 is 0. The molecule has 1 atom stereocenters. The third-order valence-electron chi connectivity index (χ3n) is 6.22. The number of hydrogen-bond acceptors (Lipinski definition) is 2. The molecule has 0 fully saturated rings. The largest absolute Gasteiger partial charge is 0.508 e. The second-order valence-electron chi connectivity index (χ2n) is 8.45. The first kappa shape index (κ1) is 23.0. The summed E-state index contributed by atoms with van der Waals surface area (Å²) in [5.74, 6) is 6.60. The molecule has 0 aliphatic carbocycles. The molecule has 0 saturated carbocycles. The van der Waals surface area contributed by atoms with Crippen molar-refractivity contribution in [2.24, 2.45) is 0 Å². The van der Waals surface area contributed by atoms with Crippen LogP contribution >= 0.6 is 0 Å². The molecule has 0 aliphatic heterocycles. The molecule has 2 aromatic rings. The molecule has 0 aromatic heterocycles. The summed E-state index contributed by atoms with van der Waals surface area (Å²) >= 11 is 0. The number of aryl methyl sites for hydroxylation is 2. The standard InChI is InChI=1S/C27H36O2/c1-7-10-16-26(6,29)17-15-22-11-12-23(18-20(22)4)27(8-2,9-3)24-13-14-25(28)21(5)19-24/h11-14,18-19,28-29H,7-10,16H2,1-6H3. The molecule has 2 N–H and O–H groups in total. The van der Waals surface area contributed by atoms with Crippen molar-refractivity contribution in [1.29, 1.82) is 0 Å². The molecule has 0 aliphatic rings. The molecule has 0 bridgehead atoms. The molecular formula is C27H36O2. The van der Waals surface area contributed by atoms with E-state index in [1.165, 1.54) is 11.1 Å². The second kappa shape index (κ2) is 9.51. The number of phenolic OH excluding ortho intramolecular Hbond substituents is 1. The van der Waals surface area contributed by atoms with E-state index in [0.717, 1.165) is 42.4 Å². The van der Waals surface area contributed by atoms with E-state index >= 15 is 0 Å². The van der Waals surface area contributed by atoms with E-state index in [-0.39, 0.29) is 5.41 Å². The Morgan fingerprint density at radius 2 is 1.48 bits per heavy atom. The van der Waals surface area contributed by atoms with Crippen LogP contribution in [0.15, 0.2) is 36.4 Å². The van der Waals surface area contributed by atoms with Gasteiger partial charge in [-0.15, -0.1) is 0 Å². The number of hydrogen-bond donors (Lipinski definition) is 2. The van der Waals surface area contributed by atoms with Crippen molar-refractivity contribution in [3.05, 3.63) is 64.2 Å². The lowest BCUT2D eigenvalue weighted by molar-refractivity contribution is 0.109. The number of aliphatic hydroxyl groups is 1. The van der Waals surface area contributed by atoms with E-state index in [4.69, 9.17) is 0 Å². The van der Waals surface area contributed by atoms with Gasteiger partial charge in [-0.1, -0.05) is 63.3 Å². The zero-order chi connectivity index (χ0) is 21.7. The van der Waals surface area contributed by atoms with Crippen LogP contribution in [0.1, 0.15) is 87.6 Å². The Bertz CT molecular complexity index is 892. The van der Waals surface area contributed by atoms with E-state index in [0.29, 0.717) is 12.2 Å². The number of rotatable bonds is 7. The molecule has 1 unspecified atom stereocenters. The predicted molar refractivity (Wildman–Crippen MR) is 122 cm³/mol. The predicted octanol–water partition coefficient (Wildman–Crippen LogP) is 6.41. The quantitative estimate of drug-likeness (QED) is 0.535. The van der Waals surface area contributed by atoms with Gasteiger partial charge >= 0.3 is 0 Å². The molecule has 156 valence electrons. The minimum Gasteiger partial charge on any atom is -0.508 e. The van der Waals surface area contributed by atoms with Crippen LogP contribution in [0.4, 0.5) is 0 Å². The minimum atomic E-state index is -0.943. The van der Waals surface area contributed by atoms with Crippen LogP contribution in [0.2, 0.25) is 0 Å². The summed E-state index contributed by atoms with van der Waals surface area (Å²) in [4.78, 5) is 0. The first-order chi connectivity index (χ1) is 13.7. The van der Waals surface area contributed by atoms with E-state index in [1.807, 2.05) is 13.0 Å². The zero-order valence-electron chi connectivity index (χ0n) is 18.9. The Kier molecular flexibility index (Phi) is 7.55. The summed E-state index contributed by atoms with van der Waals surface area (Å²) in [5, 5.41) is 20.4. The lowest BCUT2D eigenvalue weighted by Crippen LogP contribution is -2.26. The van der Waals surface area contributed by atoms with Gasteiger partial charge in [-0.05, 0) is 80.8 Å². The average molecular weight is 393 g/mol. The summed E-state index contributed by atoms with van der Waals surface area (Å²) in [5.41, 5.74) is 4.47. The first-order valence-electron chi connectivity index (χ1n) is 10.9. The maximum Gasteiger partial charge on any atom is 0.123 e. The van der Waals surface area contributed by atoms with Gasteiger partial charge in [0.25, 0.3) is 0 Å². The van der Waals surface area contributed by atoms with Gasteiger partial charge in [0.1, 0.15) is 11.4 Å². The lowest BCUT2D eigenvalue weighted by atomic mass is 9.70. The highest BCUT2D eigenvalue weighted by molar-refractivity contribution is 5.50. The van der Waals surface area contributed by atoms with Crippen LogP contribution in [-0.2, 0) is 5.41 Å². The van der Waals surface area contributed by atoms with Crippen molar-refractivity contribution in [1.82, 2.24) is 0 Å². The molecule has 0 saturated heterocycles. The van der Waals surface area contributed by atoms with E-state index in [1.54, 1.807) is 13.0 Å². The topological polar surface area (TPSA) is 40.5 Å². The van der Waals surface area contributed by atoms with E-state index in [2.05, 4.69) is 63.8 Å². The van der Waals surface area contributed by atoms with Crippen LogP contribution in [0, 0.1) is 25.7 Å². The SMILES string of the molecule is CCCCC(C)(O)C#Cc1ccc(C(CC)(CC)c2ccc(O)c(C)c2)cc1C. The highest BCUT2D eigenvalue weighted by atomic mass is 16.3. The molecule has 2 aromatic carbocycles. The lowest BCUT2D eigenvalue weighted by Gasteiger charge is -2.34. The van der Waals surface area contributed by atoms with Gasteiger partial charge in [-0.2, -0.15) is 0 Å². The van der Waals surface area contributed by atoms with E-state index < -0.39 is 5.60 Å². The summed E-state index contributed by atoms with van der Waals surface area (Å²) in [6, 6.07) is 12.4. The summed E-state index contributed by atoms with van der Waals surface area (Å²) in [6.07, 6.45) is 4.68. The third-order valence-corrected chi connectivity index (χ3v) is 6.22. The van der Waals surface area contributed by atoms with Gasteiger partial charge in [-0.3, -0.25) is 0 Å². The molecule has 0 radical (unpaired) electrons. The molecule has 2 rings (SSSR count). The van der Waals surface area contributed by atoms with Crippen molar-refractivity contribution < 1.29 is 10.2 Å². The molecular weight excluding hydrogens is 356 g/mol. The Morgan fingerprint density at radius 3 is 2.00 bits per heavy atom. The molecule has 2 heteroatoms. The summed E-state index contributed by atoms with van der Waals surface area (Å²) in [6.45, 7) is 12.4. The van der Waals surface area contributed by atoms with Gasteiger partial charge in [0, 0.05) is 11.0 Å². The monoisotopic (exact) mass is 392 g/mol. The maximum absolute atomic E-state index is 10.5. The van der Waals surface area contributed by atoms with E-state index in [9.17, 15) is 10.2 Å².